The molecule has 4 heteroatoms. The maximum absolute atomic E-state index is 9.81. The zero-order chi connectivity index (χ0) is 12.3. The van der Waals surface area contributed by atoms with E-state index in [1.807, 2.05) is 6.07 Å². The van der Waals surface area contributed by atoms with Crippen molar-refractivity contribution < 1.29 is 9.84 Å². The van der Waals surface area contributed by atoms with E-state index in [1.54, 1.807) is 19.2 Å². The molecule has 1 aliphatic heterocycles. The Hall–Kier alpha value is -1.26. The van der Waals surface area contributed by atoms with Crippen molar-refractivity contribution in [1.29, 1.82) is 0 Å². The van der Waals surface area contributed by atoms with E-state index in [2.05, 4.69) is 4.90 Å². The van der Waals surface area contributed by atoms with Crippen molar-refractivity contribution in [2.24, 2.45) is 5.73 Å². The Morgan fingerprint density at radius 3 is 3.06 bits per heavy atom. The van der Waals surface area contributed by atoms with Gasteiger partial charge in [0.25, 0.3) is 0 Å². The highest BCUT2D eigenvalue weighted by molar-refractivity contribution is 5.39. The van der Waals surface area contributed by atoms with Crippen LogP contribution in [0, 0.1) is 0 Å². The number of ether oxygens (including phenoxy) is 1. The Bertz CT molecular complexity index is 382. The smallest absolute Gasteiger partial charge is 0.120 e. The molecule has 1 fully saturated rings. The lowest BCUT2D eigenvalue weighted by atomic mass is 10.1. The number of hydrogen-bond acceptors (Lipinski definition) is 4. The molecule has 1 atom stereocenters. The maximum Gasteiger partial charge on any atom is 0.120 e. The number of aromatic hydroxyl groups is 1. The van der Waals surface area contributed by atoms with Gasteiger partial charge in [-0.25, -0.2) is 0 Å². The van der Waals surface area contributed by atoms with Crippen LogP contribution in [0.25, 0.3) is 0 Å². The van der Waals surface area contributed by atoms with Gasteiger partial charge in [-0.1, -0.05) is 0 Å². The normalized spacial score (nSPS) is 21.4. The molecule has 2 rings (SSSR count). The number of rotatable bonds is 3. The van der Waals surface area contributed by atoms with Crippen molar-refractivity contribution in [3.63, 3.8) is 0 Å². The van der Waals surface area contributed by atoms with Gasteiger partial charge in [0.1, 0.15) is 11.5 Å². The maximum atomic E-state index is 9.81. The van der Waals surface area contributed by atoms with Gasteiger partial charge in [-0.3, -0.25) is 4.90 Å². The summed E-state index contributed by atoms with van der Waals surface area (Å²) in [5, 5.41) is 9.81. The van der Waals surface area contributed by atoms with Crippen LogP contribution in [0.3, 0.4) is 0 Å². The number of likely N-dealkylation sites (tertiary alicyclic amines) is 1. The van der Waals surface area contributed by atoms with Crippen molar-refractivity contribution in [1.82, 2.24) is 4.90 Å². The third-order valence-electron chi connectivity index (χ3n) is 3.22. The van der Waals surface area contributed by atoms with Crippen LogP contribution in [0.1, 0.15) is 18.4 Å². The summed E-state index contributed by atoms with van der Waals surface area (Å²) in [5.74, 6) is 1.10. The second-order valence-corrected chi connectivity index (χ2v) is 4.63. The summed E-state index contributed by atoms with van der Waals surface area (Å²) in [7, 11) is 1.63. The molecule has 4 nitrogen and oxygen atoms in total. The Balaban J connectivity index is 2.06. The Labute approximate surface area is 102 Å². The summed E-state index contributed by atoms with van der Waals surface area (Å²) in [4.78, 5) is 2.28. The molecule has 0 saturated carbocycles. The van der Waals surface area contributed by atoms with Crippen LogP contribution in [0.5, 0.6) is 11.5 Å². The zero-order valence-corrected chi connectivity index (χ0v) is 10.2. The Morgan fingerprint density at radius 1 is 1.53 bits per heavy atom. The number of nitrogens with two attached hydrogens (primary N) is 1. The standard InChI is InChI=1S/C13H20N2O2/c1-17-12-4-5-13(16)10(7-12)8-15-6-2-3-11(14)9-15/h4-5,7,11,16H,2-3,6,8-9,14H2,1H3. The highest BCUT2D eigenvalue weighted by atomic mass is 16.5. The van der Waals surface area contributed by atoms with Crippen LogP contribution >= 0.6 is 0 Å². The number of methoxy groups -OCH3 is 1. The van der Waals surface area contributed by atoms with Crippen LogP contribution in [-0.2, 0) is 6.54 Å². The van der Waals surface area contributed by atoms with Gasteiger partial charge in [0.2, 0.25) is 0 Å². The first-order valence-corrected chi connectivity index (χ1v) is 6.03. The topological polar surface area (TPSA) is 58.7 Å². The first kappa shape index (κ1) is 12.2. The molecular weight excluding hydrogens is 216 g/mol. The Morgan fingerprint density at radius 2 is 2.35 bits per heavy atom. The molecule has 0 radical (unpaired) electrons. The number of piperidine rings is 1. The van der Waals surface area contributed by atoms with Gasteiger partial charge in [-0.05, 0) is 37.6 Å². The molecule has 1 unspecified atom stereocenters. The van der Waals surface area contributed by atoms with E-state index in [1.165, 1.54) is 0 Å². The summed E-state index contributed by atoms with van der Waals surface area (Å²) >= 11 is 0. The lowest BCUT2D eigenvalue weighted by molar-refractivity contribution is 0.199. The second kappa shape index (κ2) is 5.38. The molecule has 1 saturated heterocycles. The lowest BCUT2D eigenvalue weighted by Gasteiger charge is -2.30. The molecule has 0 spiro atoms. The summed E-state index contributed by atoms with van der Waals surface area (Å²) < 4.78 is 5.17. The van der Waals surface area contributed by atoms with Crippen LogP contribution in [0.15, 0.2) is 18.2 Å². The van der Waals surface area contributed by atoms with Crippen molar-refractivity contribution in [3.05, 3.63) is 23.8 Å². The van der Waals surface area contributed by atoms with Crippen LogP contribution in [0.2, 0.25) is 0 Å². The van der Waals surface area contributed by atoms with E-state index in [9.17, 15) is 5.11 Å². The van der Waals surface area contributed by atoms with Crippen LogP contribution < -0.4 is 10.5 Å². The van der Waals surface area contributed by atoms with Crippen molar-refractivity contribution in [3.8, 4) is 11.5 Å². The average molecular weight is 236 g/mol. The molecule has 1 aromatic carbocycles. The van der Waals surface area contributed by atoms with Gasteiger partial charge >= 0.3 is 0 Å². The number of benzene rings is 1. The predicted molar refractivity (Wildman–Crippen MR) is 67.1 cm³/mol. The minimum Gasteiger partial charge on any atom is -0.508 e. The van der Waals surface area contributed by atoms with Crippen LogP contribution in [0.4, 0.5) is 0 Å². The van der Waals surface area contributed by atoms with Gasteiger partial charge in [-0.2, -0.15) is 0 Å². The van der Waals surface area contributed by atoms with E-state index in [4.69, 9.17) is 10.5 Å². The molecular formula is C13H20N2O2. The number of phenols is 1. The first-order valence-electron chi connectivity index (χ1n) is 6.03. The van der Waals surface area contributed by atoms with Crippen LogP contribution in [-0.4, -0.2) is 36.2 Å². The molecule has 0 aliphatic carbocycles. The number of nitrogens with zero attached hydrogens (tertiary/aromatic N) is 1. The monoisotopic (exact) mass is 236 g/mol. The minimum absolute atomic E-state index is 0.261. The lowest BCUT2D eigenvalue weighted by Crippen LogP contribution is -2.42. The SMILES string of the molecule is COc1ccc(O)c(CN2CCCC(N)C2)c1. The predicted octanol–water partition coefficient (Wildman–Crippen LogP) is 1.32. The quantitative estimate of drug-likeness (QED) is 0.831. The summed E-state index contributed by atoms with van der Waals surface area (Å²) in [6.45, 7) is 2.68. The number of hydrogen-bond donors (Lipinski definition) is 2. The van der Waals surface area contributed by atoms with E-state index < -0.39 is 0 Å². The molecule has 94 valence electrons. The fourth-order valence-corrected chi connectivity index (χ4v) is 2.29. The molecule has 0 amide bonds. The summed E-state index contributed by atoms with van der Waals surface area (Å²) in [6.07, 6.45) is 2.23. The van der Waals surface area contributed by atoms with E-state index >= 15 is 0 Å². The first-order chi connectivity index (χ1) is 8.19. The Kier molecular flexibility index (Phi) is 3.86. The zero-order valence-electron chi connectivity index (χ0n) is 10.2. The van der Waals surface area contributed by atoms with Gasteiger partial charge in [0.05, 0.1) is 7.11 Å². The third kappa shape index (κ3) is 3.11. The van der Waals surface area contributed by atoms with Crippen molar-refractivity contribution in [2.45, 2.75) is 25.4 Å². The highest BCUT2D eigenvalue weighted by Gasteiger charge is 2.17. The summed E-state index contributed by atoms with van der Waals surface area (Å²) in [6, 6.07) is 5.59. The highest BCUT2D eigenvalue weighted by Crippen LogP contribution is 2.25. The largest absolute Gasteiger partial charge is 0.508 e. The second-order valence-electron chi connectivity index (χ2n) is 4.63. The third-order valence-corrected chi connectivity index (χ3v) is 3.22. The molecule has 1 heterocycles. The van der Waals surface area contributed by atoms with E-state index in [-0.39, 0.29) is 6.04 Å². The summed E-state index contributed by atoms with van der Waals surface area (Å²) in [5.41, 5.74) is 6.85. The minimum atomic E-state index is 0.261. The molecule has 0 bridgehead atoms. The molecule has 1 aromatic rings. The number of phenolic OH excluding ortho intramolecular Hbond substituents is 1. The molecule has 0 aromatic heterocycles. The van der Waals surface area contributed by atoms with Crippen molar-refractivity contribution in [2.75, 3.05) is 20.2 Å². The molecule has 17 heavy (non-hydrogen) atoms. The average Bonchev–Trinajstić information content (AvgIpc) is 2.32. The van der Waals surface area contributed by atoms with Gasteiger partial charge in [0, 0.05) is 24.7 Å². The molecule has 3 N–H and O–H groups in total. The van der Waals surface area contributed by atoms with E-state index in [0.717, 1.165) is 43.8 Å². The fourth-order valence-electron chi connectivity index (χ4n) is 2.29. The van der Waals surface area contributed by atoms with E-state index in [0.29, 0.717) is 5.75 Å². The fraction of sp³-hybridized carbons (Fsp3) is 0.538. The van der Waals surface area contributed by atoms with Gasteiger partial charge < -0.3 is 15.6 Å². The van der Waals surface area contributed by atoms with Gasteiger partial charge in [0.15, 0.2) is 0 Å². The molecule has 1 aliphatic rings. The van der Waals surface area contributed by atoms with Crippen molar-refractivity contribution >= 4 is 0 Å². The van der Waals surface area contributed by atoms with Gasteiger partial charge in [-0.15, -0.1) is 0 Å².